The Bertz CT molecular complexity index is 2360. The Morgan fingerprint density at radius 2 is 0.672 bits per heavy atom. The van der Waals surface area contributed by atoms with Crippen molar-refractivity contribution in [1.82, 2.24) is 48.0 Å². The minimum atomic E-state index is -0.760. The maximum atomic E-state index is 12.3. The fourth-order valence-corrected chi connectivity index (χ4v) is 8.14. The normalized spacial score (nSPS) is 11.9. The first kappa shape index (κ1) is 38.5. The SMILES string of the molecule is C=CCn1c(CN(Cc2nc3ccccc3n2CC=C)CC(O)CN(Cc2nc3ccccc3n2CC=C)Cc2nc3ccccc3n2CC=C)nc2ccccc21. The second-order valence-corrected chi connectivity index (χ2v) is 14.7. The Hall–Kier alpha value is -6.40. The molecule has 0 unspecified atom stereocenters. The third kappa shape index (κ3) is 7.92. The topological polar surface area (TPSA) is 98.0 Å². The number of hydrogen-bond donors (Lipinski definition) is 1. The van der Waals surface area contributed by atoms with Gasteiger partial charge in [0.15, 0.2) is 0 Å². The summed E-state index contributed by atoms with van der Waals surface area (Å²) in [6.07, 6.45) is 6.84. The summed E-state index contributed by atoms with van der Waals surface area (Å²) in [4.78, 5) is 24.9. The van der Waals surface area contributed by atoms with Gasteiger partial charge in [0, 0.05) is 39.3 Å². The maximum Gasteiger partial charge on any atom is 0.124 e. The van der Waals surface area contributed by atoms with Crippen LogP contribution in [0.5, 0.6) is 0 Å². The van der Waals surface area contributed by atoms with E-state index in [9.17, 15) is 5.11 Å². The van der Waals surface area contributed by atoms with Gasteiger partial charge in [-0.05, 0) is 48.5 Å². The Labute approximate surface area is 338 Å². The van der Waals surface area contributed by atoms with Gasteiger partial charge in [-0.3, -0.25) is 9.80 Å². The molecule has 0 amide bonds. The molecule has 4 heterocycles. The number of allylic oxidation sites excluding steroid dienone is 4. The summed E-state index contributed by atoms with van der Waals surface area (Å²) in [5, 5.41) is 12.3. The largest absolute Gasteiger partial charge is 0.390 e. The lowest BCUT2D eigenvalue weighted by atomic mass is 10.2. The number of para-hydroxylation sites is 8. The zero-order valence-electron chi connectivity index (χ0n) is 32.9. The predicted octanol–water partition coefficient (Wildman–Crippen LogP) is 7.89. The number of aliphatic hydroxyl groups is 1. The van der Waals surface area contributed by atoms with Crippen LogP contribution in [-0.2, 0) is 52.4 Å². The molecule has 4 aromatic carbocycles. The number of benzene rings is 4. The van der Waals surface area contributed by atoms with Crippen LogP contribution in [0.1, 0.15) is 23.3 Å². The van der Waals surface area contributed by atoms with Crippen molar-refractivity contribution in [3.63, 3.8) is 0 Å². The van der Waals surface area contributed by atoms with Crippen molar-refractivity contribution >= 4 is 44.1 Å². The van der Waals surface area contributed by atoms with Gasteiger partial charge in [0.2, 0.25) is 0 Å². The molecule has 0 saturated carbocycles. The molecule has 0 atom stereocenters. The van der Waals surface area contributed by atoms with Gasteiger partial charge in [-0.15, -0.1) is 26.3 Å². The van der Waals surface area contributed by atoms with Gasteiger partial charge in [-0.25, -0.2) is 19.9 Å². The number of nitrogens with zero attached hydrogens (tertiary/aromatic N) is 10. The monoisotopic (exact) mass is 770 g/mol. The number of fused-ring (bicyclic) bond motifs is 4. The maximum absolute atomic E-state index is 12.3. The van der Waals surface area contributed by atoms with Crippen LogP contribution in [0.4, 0.5) is 0 Å². The highest BCUT2D eigenvalue weighted by molar-refractivity contribution is 5.78. The fourth-order valence-electron chi connectivity index (χ4n) is 8.14. The Morgan fingerprint density at radius 3 is 0.914 bits per heavy atom. The van der Waals surface area contributed by atoms with Gasteiger partial charge >= 0.3 is 0 Å². The third-order valence-corrected chi connectivity index (χ3v) is 10.6. The Morgan fingerprint density at radius 1 is 0.431 bits per heavy atom. The molecule has 4 aromatic heterocycles. The number of rotatable bonds is 20. The van der Waals surface area contributed by atoms with Crippen LogP contribution >= 0.6 is 0 Å². The van der Waals surface area contributed by atoms with Crippen molar-refractivity contribution in [2.45, 2.75) is 58.5 Å². The minimum absolute atomic E-state index is 0.358. The molecule has 0 aliphatic rings. The quantitative estimate of drug-likeness (QED) is 0.0788. The molecule has 11 heteroatoms. The molecule has 294 valence electrons. The molecule has 8 rings (SSSR count). The molecule has 0 aliphatic heterocycles. The van der Waals surface area contributed by atoms with E-state index in [-0.39, 0.29) is 0 Å². The van der Waals surface area contributed by atoms with Crippen LogP contribution in [0.25, 0.3) is 44.1 Å². The van der Waals surface area contributed by atoms with E-state index in [0.29, 0.717) is 65.4 Å². The van der Waals surface area contributed by atoms with E-state index < -0.39 is 6.10 Å². The standard InChI is InChI=1S/C47H50N10O/c1-5-25-54-40-21-13-9-17-36(40)48-44(54)31-52(32-45-49-37-18-10-14-22-41(37)55(45)26-6-2)29-35(58)30-53(33-46-50-38-19-11-15-23-42(38)56(46)27-7-3)34-47-51-39-20-12-16-24-43(39)57(47)28-8-4/h5-24,35,58H,1-4,25-34H2. The molecule has 0 bridgehead atoms. The minimum Gasteiger partial charge on any atom is -0.390 e. The average Bonchev–Trinajstić information content (AvgIpc) is 3.96. The molecule has 0 fully saturated rings. The number of hydrogen-bond acceptors (Lipinski definition) is 7. The fraction of sp³-hybridized carbons (Fsp3) is 0.234. The number of aromatic nitrogens is 8. The lowest BCUT2D eigenvalue weighted by molar-refractivity contribution is 0.0586. The highest BCUT2D eigenvalue weighted by Crippen LogP contribution is 2.24. The molecular weight excluding hydrogens is 721 g/mol. The summed E-state index contributed by atoms with van der Waals surface area (Å²) < 4.78 is 8.81. The highest BCUT2D eigenvalue weighted by Gasteiger charge is 2.24. The van der Waals surface area contributed by atoms with Crippen LogP contribution in [0, 0.1) is 0 Å². The van der Waals surface area contributed by atoms with E-state index in [4.69, 9.17) is 19.9 Å². The van der Waals surface area contributed by atoms with Crippen LogP contribution in [-0.4, -0.2) is 72.3 Å². The Kier molecular flexibility index (Phi) is 11.5. The van der Waals surface area contributed by atoms with Crippen molar-refractivity contribution in [1.29, 1.82) is 0 Å². The summed E-state index contributed by atoms with van der Waals surface area (Å²) in [5.74, 6) is 3.58. The predicted molar refractivity (Wildman–Crippen MR) is 234 cm³/mol. The van der Waals surface area contributed by atoms with Gasteiger partial charge in [-0.2, -0.15) is 0 Å². The van der Waals surface area contributed by atoms with Crippen molar-refractivity contribution in [2.24, 2.45) is 0 Å². The summed E-state index contributed by atoms with van der Waals surface area (Å²) in [7, 11) is 0. The van der Waals surface area contributed by atoms with E-state index in [0.717, 1.165) is 67.4 Å². The first-order valence-corrected chi connectivity index (χ1v) is 19.8. The first-order valence-electron chi connectivity index (χ1n) is 19.8. The van der Waals surface area contributed by atoms with E-state index in [1.165, 1.54) is 0 Å². The van der Waals surface area contributed by atoms with E-state index in [2.05, 4.69) is 78.6 Å². The van der Waals surface area contributed by atoms with Crippen LogP contribution in [0.2, 0.25) is 0 Å². The second-order valence-electron chi connectivity index (χ2n) is 14.7. The summed E-state index contributed by atoms with van der Waals surface area (Å²) in [5.41, 5.74) is 7.90. The van der Waals surface area contributed by atoms with Crippen molar-refractivity contribution in [3.05, 3.63) is 171 Å². The molecule has 8 aromatic rings. The van der Waals surface area contributed by atoms with Crippen molar-refractivity contribution in [3.8, 4) is 0 Å². The number of aliphatic hydroxyl groups excluding tert-OH is 1. The third-order valence-electron chi connectivity index (χ3n) is 10.6. The zero-order valence-corrected chi connectivity index (χ0v) is 32.9. The van der Waals surface area contributed by atoms with Crippen LogP contribution in [0.3, 0.4) is 0 Å². The summed E-state index contributed by atoms with van der Waals surface area (Å²) in [6.45, 7) is 21.3. The number of imidazole rings is 4. The molecule has 1 N–H and O–H groups in total. The highest BCUT2D eigenvalue weighted by atomic mass is 16.3. The molecule has 0 spiro atoms. The molecular formula is C47H50N10O. The lowest BCUT2D eigenvalue weighted by Crippen LogP contribution is -2.41. The average molecular weight is 771 g/mol. The van der Waals surface area contributed by atoms with Crippen LogP contribution < -0.4 is 0 Å². The molecule has 0 radical (unpaired) electrons. The van der Waals surface area contributed by atoms with Crippen LogP contribution in [0.15, 0.2) is 148 Å². The molecule has 11 nitrogen and oxygen atoms in total. The van der Waals surface area contributed by atoms with Gasteiger partial charge in [0.25, 0.3) is 0 Å². The second kappa shape index (κ2) is 17.4. The van der Waals surface area contributed by atoms with E-state index in [1.807, 2.05) is 97.1 Å². The van der Waals surface area contributed by atoms with Gasteiger partial charge in [0.1, 0.15) is 23.3 Å². The smallest absolute Gasteiger partial charge is 0.124 e. The molecule has 0 saturated heterocycles. The first-order chi connectivity index (χ1) is 28.5. The van der Waals surface area contributed by atoms with E-state index >= 15 is 0 Å². The molecule has 0 aliphatic carbocycles. The zero-order chi connectivity index (χ0) is 40.0. The summed E-state index contributed by atoms with van der Waals surface area (Å²) >= 11 is 0. The molecule has 58 heavy (non-hydrogen) atoms. The lowest BCUT2D eigenvalue weighted by Gasteiger charge is -2.29. The summed E-state index contributed by atoms with van der Waals surface area (Å²) in [6, 6.07) is 32.7. The van der Waals surface area contributed by atoms with Crippen molar-refractivity contribution < 1.29 is 5.11 Å². The van der Waals surface area contributed by atoms with Crippen molar-refractivity contribution in [2.75, 3.05) is 13.1 Å². The van der Waals surface area contributed by atoms with Gasteiger partial charge in [0.05, 0.1) is 76.4 Å². The van der Waals surface area contributed by atoms with Gasteiger partial charge < -0.3 is 23.4 Å². The Balaban J connectivity index is 1.15. The van der Waals surface area contributed by atoms with Gasteiger partial charge in [-0.1, -0.05) is 72.8 Å². The van der Waals surface area contributed by atoms with E-state index in [1.54, 1.807) is 0 Å².